The van der Waals surface area contributed by atoms with Gasteiger partial charge in [-0.2, -0.15) is 0 Å². The van der Waals surface area contributed by atoms with Gasteiger partial charge < -0.3 is 9.64 Å². The van der Waals surface area contributed by atoms with Crippen LogP contribution in [0.1, 0.15) is 5.48 Å². The highest BCUT2D eigenvalue weighted by Crippen LogP contribution is 2.19. The Morgan fingerprint density at radius 3 is 2.47 bits per heavy atom. The average Bonchev–Trinajstić information content (AvgIpc) is 2.25. The lowest BCUT2D eigenvalue weighted by Crippen LogP contribution is -2.36. The molecule has 5 nitrogen and oxygen atoms in total. The van der Waals surface area contributed by atoms with Crippen LogP contribution >= 0.6 is 0 Å². The maximum Gasteiger partial charge on any atom is 0.269 e. The van der Waals surface area contributed by atoms with Gasteiger partial charge in [-0.25, -0.2) is 0 Å². The second-order valence-electron chi connectivity index (χ2n) is 3.02. The number of hydrogen-bond acceptors (Lipinski definition) is 4. The van der Waals surface area contributed by atoms with Crippen LogP contribution in [0.15, 0.2) is 24.3 Å². The molecule has 15 heavy (non-hydrogen) atoms. The molecule has 0 unspecified atom stereocenters. The predicted octanol–water partition coefficient (Wildman–Crippen LogP) is 1.43. The van der Waals surface area contributed by atoms with Crippen LogP contribution in [0.5, 0.6) is 0 Å². The average molecular weight is 212 g/mol. The lowest BCUT2D eigenvalue weighted by Gasteiger charge is -2.28. The van der Waals surface area contributed by atoms with E-state index < -0.39 is 18.0 Å². The van der Waals surface area contributed by atoms with E-state index in [1.165, 1.54) is 29.2 Å². The zero-order chi connectivity index (χ0) is 14.3. The van der Waals surface area contributed by atoms with E-state index in [4.69, 9.17) is 10.2 Å². The van der Waals surface area contributed by atoms with Gasteiger partial charge in [0.2, 0.25) is 0 Å². The molecule has 0 amide bonds. The Hall–Kier alpha value is -1.62. The predicted molar refractivity (Wildman–Crippen MR) is 56.1 cm³/mol. The topological polar surface area (TPSA) is 55.6 Å². The third-order valence-electron chi connectivity index (χ3n) is 2.08. The maximum absolute atomic E-state index is 10.5. The summed E-state index contributed by atoms with van der Waals surface area (Å²) in [5.41, 5.74) is 0.449. The first-order valence-corrected chi connectivity index (χ1v) is 4.38. The molecule has 0 atom stereocenters. The smallest absolute Gasteiger partial charge is 0.269 e. The van der Waals surface area contributed by atoms with Gasteiger partial charge in [-0.05, 0) is 12.1 Å². The third-order valence-corrected chi connectivity index (χ3v) is 2.08. The quantitative estimate of drug-likeness (QED) is 0.549. The summed E-state index contributed by atoms with van der Waals surface area (Å²) in [6.07, 6.45) is 0. The summed E-state index contributed by atoms with van der Waals surface area (Å²) < 4.78 is 34.8. The second kappa shape index (κ2) is 4.27. The maximum atomic E-state index is 10.5. The van der Waals surface area contributed by atoms with E-state index in [1.54, 1.807) is 0 Å². The van der Waals surface area contributed by atoms with Crippen LogP contribution in [0, 0.1) is 10.1 Å². The van der Waals surface area contributed by atoms with E-state index in [9.17, 15) is 10.1 Å². The Morgan fingerprint density at radius 1 is 1.33 bits per heavy atom. The lowest BCUT2D eigenvalue weighted by molar-refractivity contribution is -0.384. The van der Waals surface area contributed by atoms with Gasteiger partial charge in [0.05, 0.1) is 23.5 Å². The highest BCUT2D eigenvalue weighted by Gasteiger charge is 2.12. The Kier molecular flexibility index (Phi) is 1.73. The van der Waals surface area contributed by atoms with Gasteiger partial charge in [-0.15, -0.1) is 0 Å². The van der Waals surface area contributed by atoms with E-state index in [-0.39, 0.29) is 18.8 Å². The van der Waals surface area contributed by atoms with Crippen LogP contribution in [-0.2, 0) is 4.74 Å². The van der Waals surface area contributed by atoms with Crippen molar-refractivity contribution >= 4 is 11.4 Å². The van der Waals surface area contributed by atoms with Gasteiger partial charge in [-0.1, -0.05) is 0 Å². The Bertz CT molecular complexity index is 476. The molecule has 2 rings (SSSR count). The molecule has 0 N–H and O–H groups in total. The number of nitrogens with zero attached hydrogens (tertiary/aromatic N) is 2. The minimum Gasteiger partial charge on any atom is -0.378 e. The van der Waals surface area contributed by atoms with Crippen molar-refractivity contribution in [2.24, 2.45) is 0 Å². The number of hydrogen-bond donors (Lipinski definition) is 0. The van der Waals surface area contributed by atoms with Gasteiger partial charge >= 0.3 is 0 Å². The van der Waals surface area contributed by atoms with E-state index in [0.29, 0.717) is 5.69 Å². The molecule has 1 aliphatic heterocycles. The Labute approximate surface area is 93.0 Å². The monoisotopic (exact) mass is 212 g/mol. The minimum absolute atomic E-state index is 0.0666. The molecular formula is C10H12N2O3. The highest BCUT2D eigenvalue weighted by atomic mass is 16.6. The van der Waals surface area contributed by atoms with Crippen molar-refractivity contribution in [2.75, 3.05) is 31.1 Å². The number of anilines is 1. The lowest BCUT2D eigenvalue weighted by atomic mass is 10.2. The number of morpholine rings is 1. The van der Waals surface area contributed by atoms with E-state index >= 15 is 0 Å². The summed E-state index contributed by atoms with van der Waals surface area (Å²) in [7, 11) is 0. The molecule has 1 fully saturated rings. The molecule has 0 aliphatic carbocycles. The minimum atomic E-state index is -2.11. The first kappa shape index (κ1) is 6.07. The standard InChI is InChI=1S/C10H12N2O3/c13-12(14)10-3-1-9(2-4-10)11-5-7-15-8-6-11/h1-4H,5-8H2/i7D2,8D2. The number of benzene rings is 1. The molecule has 0 radical (unpaired) electrons. The summed E-state index contributed by atoms with van der Waals surface area (Å²) in [4.78, 5) is 11.5. The molecule has 80 valence electrons. The fourth-order valence-electron chi connectivity index (χ4n) is 1.30. The van der Waals surface area contributed by atoms with Gasteiger partial charge in [0, 0.05) is 30.9 Å². The van der Waals surface area contributed by atoms with Crippen LogP contribution in [-0.4, -0.2) is 31.1 Å². The number of non-ortho nitro benzene ring substituents is 1. The van der Waals surface area contributed by atoms with Crippen LogP contribution in [0.2, 0.25) is 0 Å². The van der Waals surface area contributed by atoms with Crippen LogP contribution in [0.4, 0.5) is 11.4 Å². The van der Waals surface area contributed by atoms with Crippen molar-refractivity contribution in [3.05, 3.63) is 34.4 Å². The van der Waals surface area contributed by atoms with Crippen molar-refractivity contribution in [2.45, 2.75) is 0 Å². The fraction of sp³-hybridized carbons (Fsp3) is 0.400. The normalized spacial score (nSPS) is 27.1. The molecule has 1 heterocycles. The summed E-state index contributed by atoms with van der Waals surface area (Å²) in [5, 5.41) is 10.5. The molecule has 0 bridgehead atoms. The van der Waals surface area contributed by atoms with E-state index in [0.717, 1.165) is 0 Å². The van der Waals surface area contributed by atoms with Crippen molar-refractivity contribution in [1.82, 2.24) is 0 Å². The van der Waals surface area contributed by atoms with Crippen LogP contribution in [0.25, 0.3) is 0 Å². The molecule has 1 aliphatic rings. The number of nitro groups is 1. The summed E-state index contributed by atoms with van der Waals surface area (Å²) in [5.74, 6) is 0. The van der Waals surface area contributed by atoms with Crippen LogP contribution in [0.3, 0.4) is 0 Å². The second-order valence-corrected chi connectivity index (χ2v) is 3.02. The van der Waals surface area contributed by atoms with Crippen molar-refractivity contribution in [1.29, 1.82) is 0 Å². The van der Waals surface area contributed by atoms with Gasteiger partial charge in [0.25, 0.3) is 5.69 Å². The fourth-order valence-corrected chi connectivity index (χ4v) is 1.30. The Balaban J connectivity index is 2.23. The summed E-state index contributed by atoms with van der Waals surface area (Å²) in [6.45, 7) is -4.48. The first-order chi connectivity index (χ1) is 8.69. The van der Waals surface area contributed by atoms with Crippen molar-refractivity contribution in [3.8, 4) is 0 Å². The van der Waals surface area contributed by atoms with E-state index in [2.05, 4.69) is 0 Å². The van der Waals surface area contributed by atoms with Crippen molar-refractivity contribution in [3.63, 3.8) is 0 Å². The Morgan fingerprint density at radius 2 is 1.93 bits per heavy atom. The molecular weight excluding hydrogens is 196 g/mol. The summed E-state index contributed by atoms with van der Waals surface area (Å²) in [6, 6.07) is 5.54. The first-order valence-electron chi connectivity index (χ1n) is 6.38. The summed E-state index contributed by atoms with van der Waals surface area (Å²) >= 11 is 0. The zero-order valence-electron chi connectivity index (χ0n) is 11.8. The van der Waals surface area contributed by atoms with Gasteiger partial charge in [0.15, 0.2) is 0 Å². The number of ether oxygens (including phenoxy) is 1. The molecule has 0 saturated carbocycles. The molecule has 1 aromatic rings. The largest absolute Gasteiger partial charge is 0.378 e. The van der Waals surface area contributed by atoms with Crippen LogP contribution < -0.4 is 4.90 Å². The molecule has 0 aromatic heterocycles. The highest BCUT2D eigenvalue weighted by molar-refractivity contribution is 5.51. The molecule has 5 heteroatoms. The third kappa shape index (κ3) is 2.24. The number of nitro benzene ring substituents is 1. The molecule has 0 spiro atoms. The SMILES string of the molecule is [2H]C1([2H])CN(c2ccc([N+](=O)[O-])cc2)CC([2H])([2H])O1. The van der Waals surface area contributed by atoms with Gasteiger partial charge in [-0.3, -0.25) is 10.1 Å². The zero-order valence-corrected chi connectivity index (χ0v) is 7.84. The van der Waals surface area contributed by atoms with Gasteiger partial charge in [0.1, 0.15) is 0 Å². The number of rotatable bonds is 2. The molecule has 1 saturated heterocycles. The van der Waals surface area contributed by atoms with E-state index in [1.807, 2.05) is 0 Å². The van der Waals surface area contributed by atoms with Crippen molar-refractivity contribution < 1.29 is 15.1 Å². The molecule has 1 aromatic carbocycles.